The van der Waals surface area contributed by atoms with E-state index in [1.807, 2.05) is 0 Å². The summed E-state index contributed by atoms with van der Waals surface area (Å²) in [5.74, 6) is -2.76. The molecule has 1 N–H and O–H groups in total. The highest BCUT2D eigenvalue weighted by atomic mass is 35.5. The van der Waals surface area contributed by atoms with E-state index in [9.17, 15) is 13.6 Å². The summed E-state index contributed by atoms with van der Waals surface area (Å²) in [4.78, 5) is 12.8. The van der Waals surface area contributed by atoms with Gasteiger partial charge in [-0.25, -0.2) is 13.6 Å². The summed E-state index contributed by atoms with van der Waals surface area (Å²) in [6.45, 7) is 0.880. The lowest BCUT2D eigenvalue weighted by molar-refractivity contribution is 0.0691. The maximum atomic E-state index is 14.4. The number of hydrogen-bond acceptors (Lipinski definition) is 2. The van der Waals surface area contributed by atoms with Gasteiger partial charge in [0.15, 0.2) is 0 Å². The second-order valence-corrected chi connectivity index (χ2v) is 6.48. The molecule has 2 aromatic rings. The van der Waals surface area contributed by atoms with E-state index in [0.717, 1.165) is 6.07 Å². The summed E-state index contributed by atoms with van der Waals surface area (Å²) in [7, 11) is 0. The summed E-state index contributed by atoms with van der Waals surface area (Å²) in [5, 5.41) is 9.41. The number of aromatic carboxylic acids is 1. The standard InChI is InChI=1S/C17H13Cl2F2NO2/c18-12-6-14(20)15(7-13(12)19)22-5-4-9(8-22)10-2-1-3-11(16(10)21)17(23)24/h1-3,6-7,9H,4-5,8H2,(H,23,24). The molecule has 1 saturated heterocycles. The maximum Gasteiger partial charge on any atom is 0.338 e. The number of carbonyl (C=O) groups is 1. The fraction of sp³-hybridized carbons (Fsp3) is 0.235. The first kappa shape index (κ1) is 17.0. The zero-order chi connectivity index (χ0) is 17.4. The lowest BCUT2D eigenvalue weighted by Gasteiger charge is -2.20. The van der Waals surface area contributed by atoms with E-state index in [2.05, 4.69) is 0 Å². The molecule has 0 saturated carbocycles. The molecule has 1 heterocycles. The first-order chi connectivity index (χ1) is 11.4. The van der Waals surface area contributed by atoms with Crippen LogP contribution < -0.4 is 4.90 Å². The van der Waals surface area contributed by atoms with Gasteiger partial charge in [-0.3, -0.25) is 0 Å². The minimum atomic E-state index is -1.31. The van der Waals surface area contributed by atoms with E-state index in [1.54, 1.807) is 11.0 Å². The van der Waals surface area contributed by atoms with Crippen LogP contribution in [-0.4, -0.2) is 24.2 Å². The number of anilines is 1. The van der Waals surface area contributed by atoms with Crippen LogP contribution in [0.15, 0.2) is 30.3 Å². The smallest absolute Gasteiger partial charge is 0.338 e. The average molecular weight is 372 g/mol. The number of hydrogen-bond donors (Lipinski definition) is 1. The molecule has 1 aliphatic heterocycles. The molecule has 3 rings (SSSR count). The van der Waals surface area contributed by atoms with Crippen molar-refractivity contribution < 1.29 is 18.7 Å². The van der Waals surface area contributed by atoms with Gasteiger partial charge in [-0.2, -0.15) is 0 Å². The third-order valence-corrected chi connectivity index (χ3v) is 4.94. The van der Waals surface area contributed by atoms with Gasteiger partial charge in [0.25, 0.3) is 0 Å². The van der Waals surface area contributed by atoms with Crippen molar-refractivity contribution in [1.29, 1.82) is 0 Å². The summed E-state index contributed by atoms with van der Waals surface area (Å²) >= 11 is 11.7. The Labute approximate surface area is 147 Å². The second kappa shape index (κ2) is 6.57. The minimum Gasteiger partial charge on any atom is -0.478 e. The molecule has 24 heavy (non-hydrogen) atoms. The Bertz CT molecular complexity index is 813. The third kappa shape index (κ3) is 3.06. The Morgan fingerprint density at radius 1 is 1.21 bits per heavy atom. The number of benzene rings is 2. The highest BCUT2D eigenvalue weighted by molar-refractivity contribution is 6.42. The van der Waals surface area contributed by atoms with Crippen LogP contribution >= 0.6 is 23.2 Å². The Morgan fingerprint density at radius 2 is 1.92 bits per heavy atom. The van der Waals surface area contributed by atoms with Crippen LogP contribution in [0.5, 0.6) is 0 Å². The highest BCUT2D eigenvalue weighted by Crippen LogP contribution is 2.36. The summed E-state index contributed by atoms with van der Waals surface area (Å²) in [5.41, 5.74) is 0.284. The van der Waals surface area contributed by atoms with Gasteiger partial charge < -0.3 is 10.0 Å². The first-order valence-electron chi connectivity index (χ1n) is 7.29. The normalized spacial score (nSPS) is 17.3. The predicted octanol–water partition coefficient (Wildman–Crippen LogP) is 4.96. The lowest BCUT2D eigenvalue weighted by Crippen LogP contribution is -2.21. The van der Waals surface area contributed by atoms with E-state index in [1.165, 1.54) is 18.2 Å². The Balaban J connectivity index is 1.88. The Kier molecular flexibility index (Phi) is 4.65. The van der Waals surface area contributed by atoms with Gasteiger partial charge in [0.05, 0.1) is 21.3 Å². The van der Waals surface area contributed by atoms with Crippen molar-refractivity contribution in [3.8, 4) is 0 Å². The molecule has 0 radical (unpaired) electrons. The molecule has 1 aliphatic rings. The fourth-order valence-corrected chi connectivity index (χ4v) is 3.33. The van der Waals surface area contributed by atoms with Gasteiger partial charge in [0, 0.05) is 19.0 Å². The van der Waals surface area contributed by atoms with E-state index in [-0.39, 0.29) is 21.5 Å². The van der Waals surface area contributed by atoms with Crippen molar-refractivity contribution in [2.24, 2.45) is 0 Å². The number of nitrogens with zero attached hydrogens (tertiary/aromatic N) is 1. The van der Waals surface area contributed by atoms with Crippen molar-refractivity contribution in [2.75, 3.05) is 18.0 Å². The van der Waals surface area contributed by atoms with Crippen LogP contribution in [0.4, 0.5) is 14.5 Å². The van der Waals surface area contributed by atoms with Gasteiger partial charge >= 0.3 is 5.97 Å². The quantitative estimate of drug-likeness (QED) is 0.774. The van der Waals surface area contributed by atoms with Gasteiger partial charge in [-0.05, 0) is 30.2 Å². The molecule has 0 spiro atoms. The SMILES string of the molecule is O=C(O)c1cccc(C2CCN(c3cc(Cl)c(Cl)cc3F)C2)c1F. The van der Waals surface area contributed by atoms with Gasteiger partial charge in [0.2, 0.25) is 0 Å². The molecule has 2 aromatic carbocycles. The molecule has 1 fully saturated rings. The fourth-order valence-electron chi connectivity index (χ4n) is 3.02. The maximum absolute atomic E-state index is 14.4. The molecule has 1 unspecified atom stereocenters. The molecule has 0 amide bonds. The van der Waals surface area contributed by atoms with Crippen LogP contribution in [0.1, 0.15) is 28.3 Å². The van der Waals surface area contributed by atoms with Crippen LogP contribution in [0, 0.1) is 11.6 Å². The average Bonchev–Trinajstić information content (AvgIpc) is 3.00. The number of halogens is 4. The Hall–Kier alpha value is -1.85. The van der Waals surface area contributed by atoms with Gasteiger partial charge in [0.1, 0.15) is 11.6 Å². The lowest BCUT2D eigenvalue weighted by atomic mass is 9.96. The topological polar surface area (TPSA) is 40.5 Å². The molecule has 7 heteroatoms. The third-order valence-electron chi connectivity index (χ3n) is 4.22. The van der Waals surface area contributed by atoms with E-state index < -0.39 is 17.6 Å². The largest absolute Gasteiger partial charge is 0.478 e. The highest BCUT2D eigenvalue weighted by Gasteiger charge is 2.29. The van der Waals surface area contributed by atoms with Gasteiger partial charge in [-0.1, -0.05) is 35.3 Å². The van der Waals surface area contributed by atoms with E-state index in [4.69, 9.17) is 28.3 Å². The molecular weight excluding hydrogens is 359 g/mol. The summed E-state index contributed by atoms with van der Waals surface area (Å²) < 4.78 is 28.5. The molecule has 0 bridgehead atoms. The summed E-state index contributed by atoms with van der Waals surface area (Å²) in [6.07, 6.45) is 0.583. The minimum absolute atomic E-state index is 0.133. The van der Waals surface area contributed by atoms with Crippen LogP contribution in [0.2, 0.25) is 10.0 Å². The number of carboxylic acids is 1. The molecular formula is C17H13Cl2F2NO2. The van der Waals surface area contributed by atoms with E-state index in [0.29, 0.717) is 30.8 Å². The molecule has 126 valence electrons. The van der Waals surface area contributed by atoms with Crippen molar-refractivity contribution in [1.82, 2.24) is 0 Å². The molecule has 3 nitrogen and oxygen atoms in total. The first-order valence-corrected chi connectivity index (χ1v) is 8.05. The van der Waals surface area contributed by atoms with Crippen LogP contribution in [0.3, 0.4) is 0 Å². The summed E-state index contributed by atoms with van der Waals surface area (Å²) in [6, 6.07) is 6.92. The van der Waals surface area contributed by atoms with Crippen molar-refractivity contribution in [3.63, 3.8) is 0 Å². The monoisotopic (exact) mass is 371 g/mol. The van der Waals surface area contributed by atoms with Gasteiger partial charge in [-0.15, -0.1) is 0 Å². The zero-order valence-corrected chi connectivity index (χ0v) is 13.9. The van der Waals surface area contributed by atoms with Crippen LogP contribution in [-0.2, 0) is 0 Å². The molecule has 0 aliphatic carbocycles. The molecule has 0 aromatic heterocycles. The zero-order valence-electron chi connectivity index (χ0n) is 12.4. The van der Waals surface area contributed by atoms with Crippen molar-refractivity contribution in [3.05, 3.63) is 63.1 Å². The van der Waals surface area contributed by atoms with Crippen molar-refractivity contribution >= 4 is 34.9 Å². The number of carboxylic acid groups (broad SMARTS) is 1. The second-order valence-electron chi connectivity index (χ2n) is 5.66. The van der Waals surface area contributed by atoms with Crippen LogP contribution in [0.25, 0.3) is 0 Å². The Morgan fingerprint density at radius 3 is 2.62 bits per heavy atom. The van der Waals surface area contributed by atoms with E-state index >= 15 is 0 Å². The molecule has 1 atom stereocenters. The van der Waals surface area contributed by atoms with Crippen molar-refractivity contribution in [2.45, 2.75) is 12.3 Å². The number of rotatable bonds is 3. The predicted molar refractivity (Wildman–Crippen MR) is 89.4 cm³/mol.